The van der Waals surface area contributed by atoms with Crippen molar-refractivity contribution in [3.63, 3.8) is 0 Å². The molecule has 0 radical (unpaired) electrons. The standard InChI is InChI=1S/C13H18ClNO4/c1-3-4-5-19-13-11(14)6-10(7-12(13)18-2)8-15(17)9-16/h6-7,9,17H,3-5,8H2,1-2H3. The van der Waals surface area contributed by atoms with Gasteiger partial charge in [-0.1, -0.05) is 24.9 Å². The quantitative estimate of drug-likeness (QED) is 0.346. The van der Waals surface area contributed by atoms with Crippen LogP contribution in [-0.4, -0.2) is 30.4 Å². The first kappa shape index (κ1) is 15.6. The van der Waals surface area contributed by atoms with E-state index in [2.05, 4.69) is 6.92 Å². The summed E-state index contributed by atoms with van der Waals surface area (Å²) in [4.78, 5) is 10.4. The zero-order valence-electron chi connectivity index (χ0n) is 11.1. The van der Waals surface area contributed by atoms with Crippen molar-refractivity contribution in [1.29, 1.82) is 0 Å². The minimum absolute atomic E-state index is 0.0365. The number of halogens is 1. The van der Waals surface area contributed by atoms with Crippen LogP contribution in [0.4, 0.5) is 0 Å². The number of amides is 1. The smallest absolute Gasteiger partial charge is 0.233 e. The predicted octanol–water partition coefficient (Wildman–Crippen LogP) is 2.88. The molecule has 0 spiro atoms. The van der Waals surface area contributed by atoms with E-state index >= 15 is 0 Å². The van der Waals surface area contributed by atoms with Gasteiger partial charge in [-0.15, -0.1) is 0 Å². The van der Waals surface area contributed by atoms with Crippen molar-refractivity contribution in [3.05, 3.63) is 22.7 Å². The number of carbonyl (C=O) groups is 1. The molecule has 6 heteroatoms. The number of methoxy groups -OCH3 is 1. The minimum Gasteiger partial charge on any atom is -0.493 e. The zero-order valence-corrected chi connectivity index (χ0v) is 11.8. The molecule has 1 N–H and O–H groups in total. The average molecular weight is 288 g/mol. The number of hydrogen-bond donors (Lipinski definition) is 1. The summed E-state index contributed by atoms with van der Waals surface area (Å²) >= 11 is 6.13. The minimum atomic E-state index is 0.0365. The van der Waals surface area contributed by atoms with Crippen molar-refractivity contribution in [1.82, 2.24) is 5.06 Å². The second kappa shape index (κ2) is 7.86. The van der Waals surface area contributed by atoms with Crippen molar-refractivity contribution in [2.45, 2.75) is 26.3 Å². The van der Waals surface area contributed by atoms with E-state index in [9.17, 15) is 4.79 Å². The second-order valence-corrected chi connectivity index (χ2v) is 4.42. The molecule has 0 unspecified atom stereocenters. The molecule has 106 valence electrons. The van der Waals surface area contributed by atoms with Crippen LogP contribution in [0.1, 0.15) is 25.3 Å². The summed E-state index contributed by atoms with van der Waals surface area (Å²) in [6.45, 7) is 2.67. The first-order valence-electron chi connectivity index (χ1n) is 6.02. The number of hydroxylamine groups is 2. The first-order valence-corrected chi connectivity index (χ1v) is 6.40. The molecule has 0 saturated carbocycles. The second-order valence-electron chi connectivity index (χ2n) is 4.01. The van der Waals surface area contributed by atoms with E-state index in [0.29, 0.717) is 40.2 Å². The van der Waals surface area contributed by atoms with Gasteiger partial charge in [-0.05, 0) is 24.1 Å². The molecular formula is C13H18ClNO4. The van der Waals surface area contributed by atoms with Gasteiger partial charge in [0.15, 0.2) is 11.5 Å². The molecule has 5 nitrogen and oxygen atoms in total. The number of benzene rings is 1. The van der Waals surface area contributed by atoms with Crippen molar-refractivity contribution >= 4 is 18.0 Å². The molecule has 1 aromatic carbocycles. The molecule has 0 saturated heterocycles. The first-order chi connectivity index (χ1) is 9.12. The topological polar surface area (TPSA) is 59.0 Å². The van der Waals surface area contributed by atoms with Gasteiger partial charge in [-0.3, -0.25) is 10.0 Å². The van der Waals surface area contributed by atoms with Crippen LogP contribution in [0.5, 0.6) is 11.5 Å². The van der Waals surface area contributed by atoms with E-state index in [4.69, 9.17) is 26.3 Å². The summed E-state index contributed by atoms with van der Waals surface area (Å²) in [6, 6.07) is 3.32. The summed E-state index contributed by atoms with van der Waals surface area (Å²) in [6.07, 6.45) is 2.28. The molecule has 1 rings (SSSR count). The van der Waals surface area contributed by atoms with Gasteiger partial charge in [-0.2, -0.15) is 0 Å². The molecule has 0 heterocycles. The lowest BCUT2D eigenvalue weighted by molar-refractivity contribution is -0.152. The van der Waals surface area contributed by atoms with Crippen molar-refractivity contribution in [2.75, 3.05) is 13.7 Å². The molecule has 19 heavy (non-hydrogen) atoms. The summed E-state index contributed by atoms with van der Waals surface area (Å²) < 4.78 is 10.8. The van der Waals surface area contributed by atoms with E-state index in [1.54, 1.807) is 12.1 Å². The third kappa shape index (κ3) is 4.61. The maximum absolute atomic E-state index is 10.4. The zero-order chi connectivity index (χ0) is 14.3. The van der Waals surface area contributed by atoms with Gasteiger partial charge < -0.3 is 9.47 Å². The van der Waals surface area contributed by atoms with Crippen LogP contribution in [0.15, 0.2) is 12.1 Å². The molecule has 0 aliphatic carbocycles. The summed E-state index contributed by atoms with van der Waals surface area (Å²) in [5.41, 5.74) is 0.652. The fraction of sp³-hybridized carbons (Fsp3) is 0.462. The Morgan fingerprint density at radius 3 is 2.79 bits per heavy atom. The molecular weight excluding hydrogens is 270 g/mol. The molecule has 0 aliphatic rings. The Hall–Kier alpha value is -1.46. The van der Waals surface area contributed by atoms with Crippen LogP contribution in [0.2, 0.25) is 5.02 Å². The van der Waals surface area contributed by atoms with Gasteiger partial charge in [0.1, 0.15) is 0 Å². The Balaban J connectivity index is 2.90. The van der Waals surface area contributed by atoms with Gasteiger partial charge in [0, 0.05) is 0 Å². The van der Waals surface area contributed by atoms with Crippen LogP contribution in [0.25, 0.3) is 0 Å². The SMILES string of the molecule is CCCCOc1c(Cl)cc(CN(O)C=O)cc1OC. The van der Waals surface area contributed by atoms with Crippen LogP contribution in [-0.2, 0) is 11.3 Å². The fourth-order valence-electron chi connectivity index (χ4n) is 1.55. The lowest BCUT2D eigenvalue weighted by atomic mass is 10.2. The molecule has 0 aromatic heterocycles. The highest BCUT2D eigenvalue weighted by Gasteiger charge is 2.13. The third-order valence-corrected chi connectivity index (χ3v) is 2.78. The van der Waals surface area contributed by atoms with E-state index in [1.165, 1.54) is 7.11 Å². The molecule has 0 bridgehead atoms. The Morgan fingerprint density at radius 1 is 1.47 bits per heavy atom. The summed E-state index contributed by atoms with van der Waals surface area (Å²) in [5.74, 6) is 0.967. The third-order valence-electron chi connectivity index (χ3n) is 2.50. The van der Waals surface area contributed by atoms with Gasteiger partial charge in [-0.25, -0.2) is 5.06 Å². The average Bonchev–Trinajstić information content (AvgIpc) is 2.40. The van der Waals surface area contributed by atoms with Crippen LogP contribution in [0.3, 0.4) is 0 Å². The van der Waals surface area contributed by atoms with Gasteiger partial charge >= 0.3 is 0 Å². The summed E-state index contributed by atoms with van der Waals surface area (Å²) in [7, 11) is 1.51. The maximum Gasteiger partial charge on any atom is 0.233 e. The number of nitrogens with zero attached hydrogens (tertiary/aromatic N) is 1. The molecule has 1 amide bonds. The number of unbranched alkanes of at least 4 members (excludes halogenated alkanes) is 1. The largest absolute Gasteiger partial charge is 0.493 e. The maximum atomic E-state index is 10.4. The van der Waals surface area contributed by atoms with Crippen LogP contribution >= 0.6 is 11.6 Å². The van der Waals surface area contributed by atoms with Gasteiger partial charge in [0.05, 0.1) is 25.3 Å². The lowest BCUT2D eigenvalue weighted by Gasteiger charge is -2.15. The Bertz CT molecular complexity index is 425. The molecule has 0 aliphatic heterocycles. The van der Waals surface area contributed by atoms with Crippen molar-refractivity contribution in [3.8, 4) is 11.5 Å². The Labute approximate surface area is 117 Å². The number of carbonyl (C=O) groups excluding carboxylic acids is 1. The van der Waals surface area contributed by atoms with Gasteiger partial charge in [0.25, 0.3) is 0 Å². The number of hydrogen-bond acceptors (Lipinski definition) is 4. The van der Waals surface area contributed by atoms with E-state index < -0.39 is 0 Å². The van der Waals surface area contributed by atoms with Crippen molar-refractivity contribution < 1.29 is 19.5 Å². The van der Waals surface area contributed by atoms with E-state index in [1.807, 2.05) is 0 Å². The highest BCUT2D eigenvalue weighted by Crippen LogP contribution is 2.36. The van der Waals surface area contributed by atoms with Crippen molar-refractivity contribution in [2.24, 2.45) is 0 Å². The van der Waals surface area contributed by atoms with E-state index in [0.717, 1.165) is 12.8 Å². The Kier molecular flexibility index (Phi) is 6.45. The summed E-state index contributed by atoms with van der Waals surface area (Å²) in [5, 5.41) is 10.1. The van der Waals surface area contributed by atoms with E-state index in [-0.39, 0.29) is 6.54 Å². The predicted molar refractivity (Wildman–Crippen MR) is 71.8 cm³/mol. The molecule has 0 atom stereocenters. The normalized spacial score (nSPS) is 10.1. The lowest BCUT2D eigenvalue weighted by Crippen LogP contribution is -2.16. The fourth-order valence-corrected chi connectivity index (χ4v) is 1.84. The molecule has 0 fully saturated rings. The number of rotatable bonds is 8. The van der Waals surface area contributed by atoms with Crippen LogP contribution < -0.4 is 9.47 Å². The number of ether oxygens (including phenoxy) is 2. The highest BCUT2D eigenvalue weighted by atomic mass is 35.5. The highest BCUT2D eigenvalue weighted by molar-refractivity contribution is 6.32. The van der Waals surface area contributed by atoms with Crippen LogP contribution in [0, 0.1) is 0 Å². The monoisotopic (exact) mass is 287 g/mol. The van der Waals surface area contributed by atoms with Gasteiger partial charge in [0.2, 0.25) is 6.41 Å². The molecule has 1 aromatic rings. The Morgan fingerprint density at radius 2 is 2.21 bits per heavy atom.